The average Bonchev–Trinajstić information content (AvgIpc) is 3.21. The summed E-state index contributed by atoms with van der Waals surface area (Å²) in [6.07, 6.45) is 6.79. The Morgan fingerprint density at radius 3 is 2.67 bits per heavy atom. The molecule has 2 radical (unpaired) electrons. The molecule has 0 bridgehead atoms. The summed E-state index contributed by atoms with van der Waals surface area (Å²) in [4.78, 5) is 26.3. The Hall–Kier alpha value is -2.92. The fourth-order valence-electron chi connectivity index (χ4n) is 3.94. The first-order valence-electron chi connectivity index (χ1n) is 11.6. The van der Waals surface area contributed by atoms with Crippen LogP contribution in [0.3, 0.4) is 0 Å². The van der Waals surface area contributed by atoms with E-state index < -0.39 is 0 Å². The second-order valence-electron chi connectivity index (χ2n) is 8.09. The summed E-state index contributed by atoms with van der Waals surface area (Å²) in [5.74, 6) is 1.09. The number of benzene rings is 1. The Bertz CT molecular complexity index is 1220. The molecule has 0 unspecified atom stereocenters. The maximum absolute atomic E-state index is 12.1. The van der Waals surface area contributed by atoms with Crippen molar-refractivity contribution in [2.24, 2.45) is 0 Å². The number of nitrogens with zero attached hydrogens (tertiary/aromatic N) is 4. The molecule has 0 aliphatic heterocycles. The molecule has 4 aromatic rings. The van der Waals surface area contributed by atoms with Crippen LogP contribution in [-0.4, -0.2) is 48.9 Å². The molecule has 0 spiro atoms. The van der Waals surface area contributed by atoms with E-state index in [1.165, 1.54) is 0 Å². The molecule has 170 valence electrons. The van der Waals surface area contributed by atoms with Crippen LogP contribution in [0.15, 0.2) is 48.7 Å². The van der Waals surface area contributed by atoms with Gasteiger partial charge in [-0.15, -0.1) is 0 Å². The van der Waals surface area contributed by atoms with E-state index >= 15 is 0 Å². The Kier molecular flexibility index (Phi) is 7.95. The molecule has 3 aromatic heterocycles. The van der Waals surface area contributed by atoms with E-state index in [1.807, 2.05) is 48.7 Å². The van der Waals surface area contributed by atoms with E-state index in [0.29, 0.717) is 13.1 Å². The SMILES string of the molecule is CCCCc1nc2c([As])nc3cccnc3c2n1CCCCNC(=O)NCc1ccccc1. The minimum absolute atomic E-state index is 0.134. The van der Waals surface area contributed by atoms with Gasteiger partial charge in [0.25, 0.3) is 0 Å². The van der Waals surface area contributed by atoms with Crippen LogP contribution in [0.4, 0.5) is 4.79 Å². The normalized spacial score (nSPS) is 11.2. The number of urea groups is 1. The first-order chi connectivity index (χ1) is 16.2. The van der Waals surface area contributed by atoms with Gasteiger partial charge >= 0.3 is 167 Å². The summed E-state index contributed by atoms with van der Waals surface area (Å²) in [5.41, 5.74) is 4.86. The van der Waals surface area contributed by atoms with Gasteiger partial charge in [-0.2, -0.15) is 0 Å². The van der Waals surface area contributed by atoms with Crippen molar-refractivity contribution >= 4 is 49.4 Å². The number of amides is 2. The Balaban J connectivity index is 1.39. The van der Waals surface area contributed by atoms with Crippen molar-refractivity contribution in [2.45, 2.75) is 52.1 Å². The molecule has 0 atom stereocenters. The molecular weight excluding hydrogens is 475 g/mol. The van der Waals surface area contributed by atoms with E-state index in [9.17, 15) is 4.79 Å². The predicted molar refractivity (Wildman–Crippen MR) is 133 cm³/mol. The third kappa shape index (κ3) is 5.72. The zero-order chi connectivity index (χ0) is 23.0. The minimum Gasteiger partial charge on any atom is -0.0622 e. The van der Waals surface area contributed by atoms with Crippen LogP contribution in [0.5, 0.6) is 0 Å². The molecule has 0 saturated carbocycles. The molecule has 8 heteroatoms. The van der Waals surface area contributed by atoms with Crippen molar-refractivity contribution in [3.05, 3.63) is 60.0 Å². The molecule has 4 rings (SSSR count). The second kappa shape index (κ2) is 11.3. The number of aryl methyl sites for hydroxylation is 2. The maximum atomic E-state index is 12.1. The fourth-order valence-corrected chi connectivity index (χ4v) is 4.49. The van der Waals surface area contributed by atoms with Crippen LogP contribution in [0.1, 0.15) is 44.0 Å². The molecule has 2 amide bonds. The predicted octanol–water partition coefficient (Wildman–Crippen LogP) is 3.40. The van der Waals surface area contributed by atoms with Crippen LogP contribution in [-0.2, 0) is 19.5 Å². The number of aromatic nitrogens is 4. The number of rotatable bonds is 10. The van der Waals surface area contributed by atoms with Gasteiger partial charge in [0.1, 0.15) is 0 Å². The number of imidazole rings is 1. The molecule has 3 heterocycles. The minimum atomic E-state index is -0.134. The van der Waals surface area contributed by atoms with E-state index in [1.54, 1.807) is 0 Å². The molecule has 0 aliphatic carbocycles. The van der Waals surface area contributed by atoms with E-state index in [0.717, 1.165) is 76.6 Å². The quantitative estimate of drug-likeness (QED) is 0.256. The van der Waals surface area contributed by atoms with Crippen LogP contribution in [0.2, 0.25) is 0 Å². The van der Waals surface area contributed by atoms with Crippen molar-refractivity contribution in [2.75, 3.05) is 6.54 Å². The van der Waals surface area contributed by atoms with Gasteiger partial charge in [-0.1, -0.05) is 30.3 Å². The van der Waals surface area contributed by atoms with E-state index in [2.05, 4.69) is 48.9 Å². The molecular formula is C25H29AsN6O. The summed E-state index contributed by atoms with van der Waals surface area (Å²) in [6.45, 7) is 4.20. The van der Waals surface area contributed by atoms with Crippen molar-refractivity contribution in [1.29, 1.82) is 0 Å². The van der Waals surface area contributed by atoms with E-state index in [4.69, 9.17) is 4.98 Å². The fraction of sp³-hybridized carbons (Fsp3) is 0.360. The average molecular weight is 504 g/mol. The number of hydrogen-bond acceptors (Lipinski definition) is 4. The van der Waals surface area contributed by atoms with Crippen molar-refractivity contribution in [3.63, 3.8) is 0 Å². The molecule has 0 fully saturated rings. The van der Waals surface area contributed by atoms with E-state index in [-0.39, 0.29) is 6.03 Å². The number of nitrogens with one attached hydrogen (secondary N) is 2. The van der Waals surface area contributed by atoms with Gasteiger partial charge in [0, 0.05) is 0 Å². The zero-order valence-electron chi connectivity index (χ0n) is 18.9. The van der Waals surface area contributed by atoms with Gasteiger partial charge in [-0.05, 0) is 5.56 Å². The molecule has 2 N–H and O–H groups in total. The standard InChI is InChI=1S/C25H29AsN6O/c1-2-3-13-20-31-22-23(21-19(30-24(22)26)12-9-15-27-21)32(20)16-8-7-14-28-25(33)29-17-18-10-5-4-6-11-18/h4-6,9-12,15H,2-3,7-8,13-14,16-17H2,1H3,(H2,28,29,33). The van der Waals surface area contributed by atoms with Gasteiger partial charge in [-0.25, -0.2) is 0 Å². The van der Waals surface area contributed by atoms with Crippen molar-refractivity contribution in [3.8, 4) is 0 Å². The summed E-state index contributed by atoms with van der Waals surface area (Å²) < 4.78 is 3.19. The molecule has 7 nitrogen and oxygen atoms in total. The Labute approximate surface area is 202 Å². The number of pyridine rings is 2. The topological polar surface area (TPSA) is 84.7 Å². The number of unbranched alkanes of at least 4 members (excludes halogenated alkanes) is 2. The van der Waals surface area contributed by atoms with Gasteiger partial charge in [0.05, 0.1) is 0 Å². The molecule has 1 aromatic carbocycles. The third-order valence-electron chi connectivity index (χ3n) is 5.64. The van der Waals surface area contributed by atoms with Crippen LogP contribution in [0.25, 0.3) is 22.1 Å². The zero-order valence-corrected chi connectivity index (χ0v) is 20.8. The van der Waals surface area contributed by atoms with Gasteiger partial charge < -0.3 is 0 Å². The van der Waals surface area contributed by atoms with Crippen molar-refractivity contribution in [1.82, 2.24) is 30.2 Å². The molecule has 0 saturated heterocycles. The molecule has 33 heavy (non-hydrogen) atoms. The van der Waals surface area contributed by atoms with Gasteiger partial charge in [-0.3, -0.25) is 0 Å². The monoisotopic (exact) mass is 504 g/mol. The van der Waals surface area contributed by atoms with Gasteiger partial charge in [0.2, 0.25) is 0 Å². The smallest absolute Gasteiger partial charge is 0.0622 e. The second-order valence-corrected chi connectivity index (χ2v) is 8.98. The Morgan fingerprint density at radius 1 is 1.00 bits per heavy atom. The third-order valence-corrected chi connectivity index (χ3v) is 6.29. The summed E-state index contributed by atoms with van der Waals surface area (Å²) in [5, 5.41) is 5.86. The van der Waals surface area contributed by atoms with Crippen LogP contribution < -0.4 is 15.1 Å². The number of carbonyl (C=O) groups excluding carboxylic acids is 1. The van der Waals surface area contributed by atoms with Crippen molar-refractivity contribution < 1.29 is 4.79 Å². The molecule has 0 aliphatic rings. The summed E-state index contributed by atoms with van der Waals surface area (Å²) in [6, 6.07) is 13.7. The van der Waals surface area contributed by atoms with Gasteiger partial charge in [0.15, 0.2) is 0 Å². The first-order valence-corrected chi connectivity index (χ1v) is 12.5. The first kappa shape index (κ1) is 23.2. The summed E-state index contributed by atoms with van der Waals surface area (Å²) in [7, 11) is 0. The van der Waals surface area contributed by atoms with Crippen LogP contribution in [0, 0.1) is 0 Å². The number of hydrogen-bond donors (Lipinski definition) is 2. The number of carbonyl (C=O) groups is 1. The Morgan fingerprint density at radius 2 is 1.85 bits per heavy atom. The van der Waals surface area contributed by atoms with Crippen LogP contribution >= 0.6 is 0 Å². The number of fused-ring (bicyclic) bond motifs is 3. The summed E-state index contributed by atoms with van der Waals surface area (Å²) >= 11 is 2.55.